The fraction of sp³-hybridized carbons (Fsp3) is 0.300. The highest BCUT2D eigenvalue weighted by Crippen LogP contribution is 2.25. The Morgan fingerprint density at radius 1 is 1.03 bits per heavy atom. The first-order valence-corrected chi connectivity index (χ1v) is 14.4. The molecule has 3 aromatic carbocycles. The lowest BCUT2D eigenvalue weighted by Gasteiger charge is -2.24. The fourth-order valence-corrected chi connectivity index (χ4v) is 5.02. The van der Waals surface area contributed by atoms with Gasteiger partial charge >= 0.3 is 0 Å². The number of carbonyl (C=O) groups is 1. The Labute approximate surface area is 231 Å². The molecule has 0 fully saturated rings. The maximum absolute atomic E-state index is 13.4. The zero-order chi connectivity index (χ0) is 27.4. The van der Waals surface area contributed by atoms with Crippen molar-refractivity contribution in [2.45, 2.75) is 44.0 Å². The molecule has 0 aromatic heterocycles. The molecule has 38 heavy (non-hydrogen) atoms. The standard InChI is InChI=1S/C30H33ClN2O4S/c1-3-19-32-38(35,36)28-14-10-25(11-15-28)18-20-33(30(34)17-12-24-8-6-5-7-9-24)23-26-22-27(31)13-16-29(26)37-21-4-2/h1,5-11,13-16,22,32H,4,12,17-21,23H2,2H3. The summed E-state index contributed by atoms with van der Waals surface area (Å²) in [6, 6.07) is 22.0. The molecule has 1 amide bonds. The molecule has 0 heterocycles. The van der Waals surface area contributed by atoms with E-state index in [1.165, 1.54) is 0 Å². The second-order valence-corrected chi connectivity index (χ2v) is 11.0. The van der Waals surface area contributed by atoms with E-state index >= 15 is 0 Å². The Kier molecular flexibility index (Phi) is 11.2. The van der Waals surface area contributed by atoms with Gasteiger partial charge < -0.3 is 9.64 Å². The topological polar surface area (TPSA) is 75.7 Å². The second kappa shape index (κ2) is 14.6. The number of halogens is 1. The number of aryl methyl sites for hydroxylation is 1. The number of hydrogen-bond donors (Lipinski definition) is 1. The molecule has 0 aliphatic carbocycles. The number of ether oxygens (including phenoxy) is 1. The van der Waals surface area contributed by atoms with Crippen molar-refractivity contribution in [3.05, 3.63) is 94.5 Å². The number of terminal acetylenes is 1. The van der Waals surface area contributed by atoms with E-state index in [-0.39, 0.29) is 17.3 Å². The summed E-state index contributed by atoms with van der Waals surface area (Å²) in [5.74, 6) is 3.00. The summed E-state index contributed by atoms with van der Waals surface area (Å²) < 4.78 is 32.9. The molecule has 0 saturated carbocycles. The molecule has 3 rings (SSSR count). The van der Waals surface area contributed by atoms with Gasteiger partial charge in [0.25, 0.3) is 0 Å². The first-order chi connectivity index (χ1) is 18.3. The lowest BCUT2D eigenvalue weighted by Crippen LogP contribution is -2.33. The average molecular weight is 553 g/mol. The summed E-state index contributed by atoms with van der Waals surface area (Å²) in [6.45, 7) is 3.35. The van der Waals surface area contributed by atoms with Crippen LogP contribution in [0.3, 0.4) is 0 Å². The molecule has 0 spiro atoms. The van der Waals surface area contributed by atoms with Crippen LogP contribution in [0.2, 0.25) is 5.02 Å². The van der Waals surface area contributed by atoms with E-state index in [0.717, 1.165) is 23.1 Å². The third kappa shape index (κ3) is 8.91. The van der Waals surface area contributed by atoms with Crippen molar-refractivity contribution >= 4 is 27.5 Å². The molecule has 1 N–H and O–H groups in total. The van der Waals surface area contributed by atoms with Crippen LogP contribution in [0.5, 0.6) is 5.75 Å². The summed E-state index contributed by atoms with van der Waals surface area (Å²) in [4.78, 5) is 15.3. The van der Waals surface area contributed by atoms with Gasteiger partial charge in [0.2, 0.25) is 15.9 Å². The van der Waals surface area contributed by atoms with E-state index in [4.69, 9.17) is 22.8 Å². The molecule has 6 nitrogen and oxygen atoms in total. The summed E-state index contributed by atoms with van der Waals surface area (Å²) in [5, 5.41) is 0.579. The van der Waals surface area contributed by atoms with Gasteiger partial charge in [-0.25, -0.2) is 8.42 Å². The van der Waals surface area contributed by atoms with Gasteiger partial charge in [-0.2, -0.15) is 4.72 Å². The molecule has 8 heteroatoms. The largest absolute Gasteiger partial charge is 0.493 e. The van der Waals surface area contributed by atoms with Crippen molar-refractivity contribution in [3.63, 3.8) is 0 Å². The number of benzene rings is 3. The van der Waals surface area contributed by atoms with Crippen molar-refractivity contribution in [2.24, 2.45) is 0 Å². The summed E-state index contributed by atoms with van der Waals surface area (Å²) in [5.41, 5.74) is 2.86. The Morgan fingerprint density at radius 3 is 2.42 bits per heavy atom. The van der Waals surface area contributed by atoms with E-state index in [2.05, 4.69) is 10.6 Å². The van der Waals surface area contributed by atoms with E-state index in [1.807, 2.05) is 54.3 Å². The van der Waals surface area contributed by atoms with Crippen LogP contribution in [-0.4, -0.2) is 38.9 Å². The average Bonchev–Trinajstić information content (AvgIpc) is 2.93. The summed E-state index contributed by atoms with van der Waals surface area (Å²) in [6.07, 6.45) is 7.59. The highest BCUT2D eigenvalue weighted by atomic mass is 35.5. The molecule has 0 radical (unpaired) electrons. The van der Waals surface area contributed by atoms with Crippen LogP contribution >= 0.6 is 11.6 Å². The van der Waals surface area contributed by atoms with Crippen LogP contribution in [0.25, 0.3) is 0 Å². The van der Waals surface area contributed by atoms with Crippen LogP contribution in [0.1, 0.15) is 36.5 Å². The maximum atomic E-state index is 13.4. The highest BCUT2D eigenvalue weighted by Gasteiger charge is 2.18. The highest BCUT2D eigenvalue weighted by molar-refractivity contribution is 7.89. The maximum Gasteiger partial charge on any atom is 0.241 e. The molecule has 0 unspecified atom stereocenters. The normalized spacial score (nSPS) is 11.1. The monoisotopic (exact) mass is 552 g/mol. The van der Waals surface area contributed by atoms with E-state index < -0.39 is 10.0 Å². The Hall–Kier alpha value is -3.31. The first-order valence-electron chi connectivity index (χ1n) is 12.6. The van der Waals surface area contributed by atoms with Crippen LogP contribution in [0.15, 0.2) is 77.7 Å². The Bertz CT molecular complexity index is 1340. The van der Waals surface area contributed by atoms with Gasteiger partial charge in [-0.3, -0.25) is 4.79 Å². The van der Waals surface area contributed by atoms with Crippen molar-refractivity contribution in [3.8, 4) is 18.1 Å². The van der Waals surface area contributed by atoms with Crippen LogP contribution in [0.4, 0.5) is 0 Å². The Morgan fingerprint density at radius 2 is 1.74 bits per heavy atom. The van der Waals surface area contributed by atoms with Crippen molar-refractivity contribution in [1.29, 1.82) is 0 Å². The third-order valence-corrected chi connectivity index (χ3v) is 7.59. The predicted octanol–water partition coefficient (Wildman–Crippen LogP) is 5.24. The summed E-state index contributed by atoms with van der Waals surface area (Å²) >= 11 is 6.29. The number of carbonyl (C=O) groups excluding carboxylic acids is 1. The van der Waals surface area contributed by atoms with Crippen LogP contribution in [0, 0.1) is 12.3 Å². The first kappa shape index (κ1) is 29.2. The molecule has 0 bridgehead atoms. The lowest BCUT2D eigenvalue weighted by atomic mass is 10.1. The predicted molar refractivity (Wildman–Crippen MR) is 152 cm³/mol. The molecule has 200 valence electrons. The fourth-order valence-electron chi connectivity index (χ4n) is 3.90. The quantitative estimate of drug-likeness (QED) is 0.277. The molecular weight excluding hydrogens is 520 g/mol. The van der Waals surface area contributed by atoms with Crippen LogP contribution in [-0.2, 0) is 34.2 Å². The van der Waals surface area contributed by atoms with Crippen molar-refractivity contribution in [2.75, 3.05) is 19.7 Å². The van der Waals surface area contributed by atoms with Gasteiger partial charge in [0.05, 0.1) is 18.0 Å². The minimum Gasteiger partial charge on any atom is -0.493 e. The zero-order valence-corrected chi connectivity index (χ0v) is 23.1. The van der Waals surface area contributed by atoms with Gasteiger partial charge in [-0.05, 0) is 60.7 Å². The van der Waals surface area contributed by atoms with E-state index in [1.54, 1.807) is 30.3 Å². The van der Waals surface area contributed by atoms with Gasteiger partial charge in [0, 0.05) is 30.1 Å². The third-order valence-electron chi connectivity index (χ3n) is 5.94. The number of nitrogens with one attached hydrogen (secondary N) is 1. The van der Waals surface area contributed by atoms with Gasteiger partial charge in [0.15, 0.2) is 0 Å². The molecule has 0 aliphatic heterocycles. The number of amides is 1. The number of hydrogen-bond acceptors (Lipinski definition) is 4. The number of sulfonamides is 1. The number of nitrogens with zero attached hydrogens (tertiary/aromatic N) is 1. The minimum absolute atomic E-state index is 0.0213. The van der Waals surface area contributed by atoms with Crippen molar-refractivity contribution < 1.29 is 17.9 Å². The smallest absolute Gasteiger partial charge is 0.241 e. The molecule has 3 aromatic rings. The molecular formula is C30H33ClN2O4S. The summed E-state index contributed by atoms with van der Waals surface area (Å²) in [7, 11) is -3.66. The van der Waals surface area contributed by atoms with Crippen LogP contribution < -0.4 is 9.46 Å². The van der Waals surface area contributed by atoms with E-state index in [9.17, 15) is 13.2 Å². The molecule has 0 saturated heterocycles. The van der Waals surface area contributed by atoms with Crippen molar-refractivity contribution in [1.82, 2.24) is 9.62 Å². The molecule has 0 aliphatic rings. The minimum atomic E-state index is -3.66. The van der Waals surface area contributed by atoms with Gasteiger partial charge in [-0.1, -0.05) is 66.9 Å². The zero-order valence-electron chi connectivity index (χ0n) is 21.5. The Balaban J connectivity index is 1.76. The lowest BCUT2D eigenvalue weighted by molar-refractivity contribution is -0.131. The SMILES string of the molecule is C#CCNS(=O)(=O)c1ccc(CCN(Cc2cc(Cl)ccc2OCCC)C(=O)CCc2ccccc2)cc1. The van der Waals surface area contributed by atoms with Gasteiger partial charge in [0.1, 0.15) is 5.75 Å². The van der Waals surface area contributed by atoms with E-state index in [0.29, 0.717) is 49.7 Å². The second-order valence-electron chi connectivity index (χ2n) is 8.82. The number of rotatable bonds is 14. The molecule has 0 atom stereocenters. The van der Waals surface area contributed by atoms with Gasteiger partial charge in [-0.15, -0.1) is 6.42 Å².